The molecule has 0 saturated heterocycles. The molecule has 9 nitrogen and oxygen atoms in total. The largest absolute Gasteiger partial charge is 0.472 e. The van der Waals surface area contributed by atoms with Crippen LogP contribution < -0.4 is 5.32 Å². The number of nitrogens with zero attached hydrogens (tertiary/aromatic N) is 1. The van der Waals surface area contributed by atoms with Crippen molar-refractivity contribution in [2.24, 2.45) is 0 Å². The number of likely N-dealkylation sites (N-methyl/N-ethyl adjacent to an activating group) is 1. The van der Waals surface area contributed by atoms with Gasteiger partial charge in [-0.3, -0.25) is 18.6 Å². The number of amides is 1. The smallest absolute Gasteiger partial charge is 0.456 e. The average molecular weight is 1140 g/mol. The second-order valence-electron chi connectivity index (χ2n) is 23.6. The number of phosphoric ester groups is 1. The highest BCUT2D eigenvalue weighted by molar-refractivity contribution is 7.47. The van der Waals surface area contributed by atoms with E-state index in [4.69, 9.17) is 13.8 Å². The van der Waals surface area contributed by atoms with Gasteiger partial charge >= 0.3 is 13.8 Å². The van der Waals surface area contributed by atoms with Crippen molar-refractivity contribution in [1.29, 1.82) is 0 Å². The van der Waals surface area contributed by atoms with Gasteiger partial charge in [-0.15, -0.1) is 0 Å². The van der Waals surface area contributed by atoms with Crippen molar-refractivity contribution in [3.05, 3.63) is 85.1 Å². The molecule has 10 heteroatoms. The van der Waals surface area contributed by atoms with Crippen LogP contribution >= 0.6 is 7.82 Å². The Labute approximate surface area is 495 Å². The summed E-state index contributed by atoms with van der Waals surface area (Å²) in [5.41, 5.74) is 0. The Morgan fingerprint density at radius 3 is 1.23 bits per heavy atom. The molecule has 2 N–H and O–H groups in total. The molecule has 0 saturated carbocycles. The van der Waals surface area contributed by atoms with Crippen LogP contribution in [0.5, 0.6) is 0 Å². The van der Waals surface area contributed by atoms with Gasteiger partial charge in [0.25, 0.3) is 0 Å². The first-order valence-electron chi connectivity index (χ1n) is 33.4. The van der Waals surface area contributed by atoms with E-state index in [0.29, 0.717) is 17.4 Å². The summed E-state index contributed by atoms with van der Waals surface area (Å²) in [7, 11) is 1.49. The van der Waals surface area contributed by atoms with Crippen LogP contribution in [0, 0.1) is 0 Å². The fourth-order valence-electron chi connectivity index (χ4n) is 9.43. The van der Waals surface area contributed by atoms with Crippen LogP contribution in [-0.2, 0) is 27.9 Å². The van der Waals surface area contributed by atoms with Crippen LogP contribution in [0.4, 0.5) is 0 Å². The molecule has 0 spiro atoms. The third kappa shape index (κ3) is 59.8. The van der Waals surface area contributed by atoms with Gasteiger partial charge in [0.05, 0.1) is 33.8 Å². The van der Waals surface area contributed by atoms with Crippen molar-refractivity contribution >= 4 is 19.7 Å². The predicted octanol–water partition coefficient (Wildman–Crippen LogP) is 21.0. The first kappa shape index (κ1) is 77.2. The van der Waals surface area contributed by atoms with E-state index >= 15 is 0 Å². The van der Waals surface area contributed by atoms with Crippen molar-refractivity contribution in [2.45, 2.75) is 309 Å². The number of carbonyl (C=O) groups excluding carboxylic acids is 2. The summed E-state index contributed by atoms with van der Waals surface area (Å²) in [6.07, 6.45) is 78.7. The Morgan fingerprint density at radius 2 is 0.800 bits per heavy atom. The predicted molar refractivity (Wildman–Crippen MR) is 346 cm³/mol. The Kier molecular flexibility index (Phi) is 57.3. The first-order valence-corrected chi connectivity index (χ1v) is 34.9. The maximum atomic E-state index is 13.6. The minimum atomic E-state index is -4.45. The van der Waals surface area contributed by atoms with Gasteiger partial charge in [0.1, 0.15) is 19.3 Å². The minimum Gasteiger partial charge on any atom is -0.456 e. The average Bonchev–Trinajstić information content (AvgIpc) is 3.42. The van der Waals surface area contributed by atoms with Crippen molar-refractivity contribution < 1.29 is 37.3 Å². The monoisotopic (exact) mass is 1140 g/mol. The second-order valence-corrected chi connectivity index (χ2v) is 25.1. The van der Waals surface area contributed by atoms with Crippen LogP contribution in [0.3, 0.4) is 0 Å². The number of carbonyl (C=O) groups is 2. The van der Waals surface area contributed by atoms with Crippen LogP contribution in [0.15, 0.2) is 85.1 Å². The molecule has 0 radical (unpaired) electrons. The molecular formula is C70H128N2O7P+. The zero-order valence-corrected chi connectivity index (χ0v) is 54.0. The van der Waals surface area contributed by atoms with E-state index in [-0.39, 0.29) is 31.5 Å². The maximum absolute atomic E-state index is 13.6. The molecular weight excluding hydrogens is 1010 g/mol. The third-order valence-electron chi connectivity index (χ3n) is 14.6. The maximum Gasteiger partial charge on any atom is 0.472 e. The summed E-state index contributed by atoms with van der Waals surface area (Å²) >= 11 is 0. The molecule has 80 heavy (non-hydrogen) atoms. The van der Waals surface area contributed by atoms with Gasteiger partial charge in [-0.05, 0) is 102 Å². The zero-order valence-electron chi connectivity index (χ0n) is 53.1. The van der Waals surface area contributed by atoms with Crippen molar-refractivity contribution in [3.8, 4) is 0 Å². The number of allylic oxidation sites excluding steroid dienone is 13. The SMILES string of the molecule is CC/C=C\C/C=C\C/C=C\C/C=C\C/C=C\CCCCCCCCCCCCCC(=O)NC(COP(=O)(O)OCC[N+](C)(C)C)C(/C=C\CCCCCCCCCCCC)OC(=O)CCCCCCCCC/C=C\CCCCCC. The summed E-state index contributed by atoms with van der Waals surface area (Å²) in [5.74, 6) is -0.510. The standard InChI is InChI=1S/C70H127N2O7P/c1-7-10-13-16-19-22-25-28-30-31-32-33-34-35-36-37-38-39-40-41-43-44-47-50-53-56-59-62-69(73)71-67(66-78-80(75,76)77-65-64-72(4,5)6)68(61-58-55-52-49-46-27-24-21-18-15-12-9-3)79-70(74)63-60-57-54-51-48-45-42-29-26-23-20-17-14-11-8-2/h10,13,19,22-23,26,28,30,32-33,35-36,58,61,67-68H,7-9,11-12,14-18,20-21,24-25,27,29,31,34,37-57,59-60,62-66H2,1-6H3,(H-,71,73,75,76)/p+1/b13-10-,22-19-,26-23-,30-28-,33-32-,36-35-,61-58-. The van der Waals surface area contributed by atoms with Gasteiger partial charge in [0, 0.05) is 12.8 Å². The van der Waals surface area contributed by atoms with Gasteiger partial charge in [0.15, 0.2) is 0 Å². The molecule has 0 heterocycles. The van der Waals surface area contributed by atoms with E-state index < -0.39 is 20.0 Å². The first-order chi connectivity index (χ1) is 38.9. The molecule has 0 bridgehead atoms. The summed E-state index contributed by atoms with van der Waals surface area (Å²) in [6.45, 7) is 6.90. The Bertz CT molecular complexity index is 1640. The fraction of sp³-hybridized carbons (Fsp3) is 0.771. The highest BCUT2D eigenvalue weighted by atomic mass is 31.2. The van der Waals surface area contributed by atoms with E-state index in [9.17, 15) is 19.0 Å². The number of nitrogens with one attached hydrogen (secondary N) is 1. The summed E-state index contributed by atoms with van der Waals surface area (Å²) < 4.78 is 30.7. The highest BCUT2D eigenvalue weighted by Gasteiger charge is 2.30. The molecule has 3 atom stereocenters. The Morgan fingerprint density at radius 1 is 0.450 bits per heavy atom. The van der Waals surface area contributed by atoms with E-state index in [1.165, 1.54) is 161 Å². The molecule has 0 aliphatic carbocycles. The lowest BCUT2D eigenvalue weighted by Crippen LogP contribution is -2.47. The topological polar surface area (TPSA) is 111 Å². The number of ether oxygens (including phenoxy) is 1. The lowest BCUT2D eigenvalue weighted by molar-refractivity contribution is -0.870. The molecule has 0 fully saturated rings. The number of hydrogen-bond acceptors (Lipinski definition) is 6. The molecule has 0 aromatic heterocycles. The molecule has 0 aromatic carbocycles. The van der Waals surface area contributed by atoms with E-state index in [1.807, 2.05) is 33.3 Å². The third-order valence-corrected chi connectivity index (χ3v) is 15.6. The highest BCUT2D eigenvalue weighted by Crippen LogP contribution is 2.43. The van der Waals surface area contributed by atoms with Crippen LogP contribution in [-0.4, -0.2) is 74.3 Å². The van der Waals surface area contributed by atoms with Crippen molar-refractivity contribution in [2.75, 3.05) is 40.9 Å². The number of rotatable bonds is 60. The summed E-state index contributed by atoms with van der Waals surface area (Å²) in [5, 5.41) is 3.06. The quantitative estimate of drug-likeness (QED) is 0.0205. The molecule has 0 rings (SSSR count). The van der Waals surface area contributed by atoms with Crippen molar-refractivity contribution in [3.63, 3.8) is 0 Å². The number of hydrogen-bond donors (Lipinski definition) is 2. The molecule has 464 valence electrons. The molecule has 0 aliphatic rings. The number of phosphoric acid groups is 1. The Hall–Kier alpha value is -2.81. The van der Waals surface area contributed by atoms with E-state index in [1.54, 1.807) is 0 Å². The lowest BCUT2D eigenvalue weighted by atomic mass is 10.0. The van der Waals surface area contributed by atoms with Crippen molar-refractivity contribution in [1.82, 2.24) is 5.32 Å². The van der Waals surface area contributed by atoms with Gasteiger partial charge in [-0.1, -0.05) is 267 Å². The zero-order chi connectivity index (χ0) is 58.6. The van der Waals surface area contributed by atoms with Gasteiger partial charge in [0.2, 0.25) is 5.91 Å². The fourth-order valence-corrected chi connectivity index (χ4v) is 10.2. The van der Waals surface area contributed by atoms with E-state index in [0.717, 1.165) is 103 Å². The number of quaternary nitrogens is 1. The molecule has 3 unspecified atom stereocenters. The minimum absolute atomic E-state index is 0.0368. The second kappa shape index (κ2) is 59.4. The number of esters is 1. The summed E-state index contributed by atoms with van der Waals surface area (Å²) in [4.78, 5) is 37.8. The van der Waals surface area contributed by atoms with Gasteiger partial charge in [-0.25, -0.2) is 4.57 Å². The molecule has 0 aromatic rings. The van der Waals surface area contributed by atoms with Gasteiger partial charge < -0.3 is 19.4 Å². The number of unbranched alkanes of at least 4 members (excludes halogenated alkanes) is 32. The van der Waals surface area contributed by atoms with Crippen LogP contribution in [0.2, 0.25) is 0 Å². The van der Waals surface area contributed by atoms with Crippen LogP contribution in [0.1, 0.15) is 297 Å². The summed E-state index contributed by atoms with van der Waals surface area (Å²) in [6, 6.07) is -0.855. The lowest BCUT2D eigenvalue weighted by Gasteiger charge is -2.27. The van der Waals surface area contributed by atoms with E-state index in [2.05, 4.69) is 99.0 Å². The van der Waals surface area contributed by atoms with Crippen LogP contribution in [0.25, 0.3) is 0 Å². The normalized spacial score (nSPS) is 14.1. The van der Waals surface area contributed by atoms with Gasteiger partial charge in [-0.2, -0.15) is 0 Å². The molecule has 1 amide bonds. The Balaban J connectivity index is 5.07. The molecule has 0 aliphatic heterocycles.